The molecule has 1 aromatic heterocycles. The van der Waals surface area contributed by atoms with Crippen LogP contribution in [0.15, 0.2) is 30.6 Å². The number of hydrogen-bond donors (Lipinski definition) is 8. The Kier molecular flexibility index (Phi) is 14.5. The van der Waals surface area contributed by atoms with Gasteiger partial charge in [0.15, 0.2) is 12.4 Å². The number of aromatic nitrogens is 1. The van der Waals surface area contributed by atoms with Crippen LogP contribution in [-0.4, -0.2) is 23.9 Å². The number of nitrogens with two attached hydrogens (primary N) is 2. The zero-order chi connectivity index (χ0) is 17.5. The Morgan fingerprint density at radius 3 is 1.42 bits per heavy atom. The minimum atomic E-state index is -0.862. The lowest BCUT2D eigenvalue weighted by atomic mass is 10.4. The van der Waals surface area contributed by atoms with Crippen molar-refractivity contribution in [1.29, 1.82) is 0 Å². The number of pyridine rings is 1. The Balaban J connectivity index is 0. The van der Waals surface area contributed by atoms with Crippen LogP contribution in [0.4, 0.5) is 9.59 Å². The number of urea groups is 2. The number of halogens is 1. The Morgan fingerprint density at radius 1 is 0.750 bits per heavy atom. The Bertz CT molecular complexity index is 460. The number of nitrogens with one attached hydrogen (secondary N) is 7. The molecule has 1 rings (SSSR count). The first kappa shape index (κ1) is 23.3. The Hall–Kier alpha value is -2.97. The van der Waals surface area contributed by atoms with E-state index in [1.807, 2.05) is 52.3 Å². The smallest absolute Gasteiger partial charge is 0.347 e. The molecule has 0 radical (unpaired) electrons. The van der Waals surface area contributed by atoms with Crippen molar-refractivity contribution in [2.75, 3.05) is 0 Å². The first-order valence-electron chi connectivity index (χ1n) is 6.01. The maximum atomic E-state index is 11.0. The van der Waals surface area contributed by atoms with Gasteiger partial charge in [-0.3, -0.25) is 31.3 Å². The van der Waals surface area contributed by atoms with Gasteiger partial charge in [0.1, 0.15) is 6.42 Å². The Labute approximate surface area is 146 Å². The summed E-state index contributed by atoms with van der Waals surface area (Å²) in [6.07, 6.45) is 3.12. The highest BCUT2D eigenvalue weighted by Crippen LogP contribution is 1.77. The van der Waals surface area contributed by atoms with Crippen molar-refractivity contribution in [1.82, 2.24) is 32.6 Å². The van der Waals surface area contributed by atoms with E-state index in [-0.39, 0.29) is 17.0 Å². The lowest BCUT2D eigenvalue weighted by Crippen LogP contribution is -3.00. The molecule has 0 saturated carbocycles. The molecule has 24 heavy (non-hydrogen) atoms. The van der Waals surface area contributed by atoms with Crippen LogP contribution in [0.1, 0.15) is 6.42 Å². The van der Waals surface area contributed by atoms with E-state index in [9.17, 15) is 19.2 Å². The molecule has 0 aliphatic carbocycles. The van der Waals surface area contributed by atoms with Gasteiger partial charge in [0.05, 0.1) is 0 Å². The number of hydrazine groups is 4. The molecule has 0 saturated heterocycles. The lowest BCUT2D eigenvalue weighted by molar-refractivity contribution is -0.377. The van der Waals surface area contributed by atoms with Crippen molar-refractivity contribution in [2.45, 2.75) is 6.42 Å². The second-order valence-corrected chi connectivity index (χ2v) is 3.55. The molecule has 1 heterocycles. The Morgan fingerprint density at radius 2 is 1.17 bits per heavy atom. The van der Waals surface area contributed by atoms with Crippen molar-refractivity contribution in [3.05, 3.63) is 30.6 Å². The third-order valence-corrected chi connectivity index (χ3v) is 1.82. The SMILES string of the molecule is NNC(=O)NNC(=O)CC(=O)NNC(=O)NN.[Br-].c1cc[nH+]cc1. The summed E-state index contributed by atoms with van der Waals surface area (Å²) in [6, 6.07) is 4.13. The van der Waals surface area contributed by atoms with Gasteiger partial charge in [-0.15, -0.1) is 0 Å². The van der Waals surface area contributed by atoms with Gasteiger partial charge in [0.25, 0.3) is 0 Å². The standard InChI is InChI=1S/C5H12N8O4.C5H5N.BrH/c6-8-4(16)12-10-2(14)1-3(15)11-13-5(17)9-7;1-2-4-6-5-3-1;/h1,6-7H2,(H,10,14)(H,11,15)(H2,8,12,16)(H2,9,13,17);1-5H;1H. The van der Waals surface area contributed by atoms with E-state index in [1.165, 1.54) is 0 Å². The number of rotatable bonds is 2. The molecule has 0 aliphatic heterocycles. The molecule has 14 heteroatoms. The van der Waals surface area contributed by atoms with E-state index in [0.717, 1.165) is 0 Å². The van der Waals surface area contributed by atoms with E-state index in [0.29, 0.717) is 0 Å². The fraction of sp³-hybridized carbons (Fsp3) is 0.100. The maximum Gasteiger partial charge on any atom is 0.347 e. The van der Waals surface area contributed by atoms with Crippen molar-refractivity contribution in [3.8, 4) is 0 Å². The van der Waals surface area contributed by atoms with Gasteiger partial charge in [0, 0.05) is 12.1 Å². The predicted octanol–water partition coefficient (Wildman–Crippen LogP) is -6.71. The first-order chi connectivity index (χ1) is 11.0. The van der Waals surface area contributed by atoms with E-state index >= 15 is 0 Å². The monoisotopic (exact) mass is 407 g/mol. The van der Waals surface area contributed by atoms with Crippen LogP contribution in [0.5, 0.6) is 0 Å². The van der Waals surface area contributed by atoms with E-state index in [4.69, 9.17) is 11.7 Å². The second-order valence-electron chi connectivity index (χ2n) is 3.55. The number of hydrogen-bond acceptors (Lipinski definition) is 6. The largest absolute Gasteiger partial charge is 1.00 e. The van der Waals surface area contributed by atoms with Crippen molar-refractivity contribution in [2.24, 2.45) is 11.7 Å². The van der Waals surface area contributed by atoms with Gasteiger partial charge in [-0.05, 0) is 0 Å². The summed E-state index contributed by atoms with van der Waals surface area (Å²) in [5.41, 5.74) is 10.8. The molecule has 11 N–H and O–H groups in total. The topological polar surface area (TPSA) is 207 Å². The lowest BCUT2D eigenvalue weighted by Gasteiger charge is -2.07. The molecule has 0 spiro atoms. The average Bonchev–Trinajstić information content (AvgIpc) is 2.59. The van der Waals surface area contributed by atoms with Gasteiger partial charge < -0.3 is 17.0 Å². The highest BCUT2D eigenvalue weighted by Gasteiger charge is 2.10. The summed E-state index contributed by atoms with van der Waals surface area (Å²) >= 11 is 0. The summed E-state index contributed by atoms with van der Waals surface area (Å²) < 4.78 is 0. The molecule has 0 fully saturated rings. The number of carbonyl (C=O) groups is 4. The summed E-state index contributed by atoms with van der Waals surface area (Å²) in [4.78, 5) is 45.9. The fourth-order valence-corrected chi connectivity index (χ4v) is 0.901. The quantitative estimate of drug-likeness (QED) is 0.103. The van der Waals surface area contributed by atoms with Gasteiger partial charge in [-0.1, -0.05) is 6.07 Å². The van der Waals surface area contributed by atoms with Gasteiger partial charge >= 0.3 is 12.1 Å². The molecule has 0 aromatic carbocycles. The van der Waals surface area contributed by atoms with Crippen molar-refractivity contribution in [3.63, 3.8) is 0 Å². The number of H-pyrrole nitrogens is 1. The molecule has 6 amide bonds. The normalized spacial score (nSPS) is 8.08. The summed E-state index contributed by atoms with van der Waals surface area (Å²) in [5.74, 6) is 7.76. The molecular formula is C10H18BrN9O4. The van der Waals surface area contributed by atoms with Crippen LogP contribution < -0.4 is 66.2 Å². The van der Waals surface area contributed by atoms with E-state index in [2.05, 4.69) is 4.98 Å². The van der Waals surface area contributed by atoms with Crippen molar-refractivity contribution >= 4 is 23.9 Å². The average molecular weight is 408 g/mol. The first-order valence-corrected chi connectivity index (χ1v) is 6.01. The van der Waals surface area contributed by atoms with Gasteiger partial charge in [0.2, 0.25) is 11.8 Å². The molecule has 0 unspecified atom stereocenters. The zero-order valence-corrected chi connectivity index (χ0v) is 13.8. The van der Waals surface area contributed by atoms with Crippen molar-refractivity contribution < 1.29 is 41.1 Å². The van der Waals surface area contributed by atoms with Gasteiger partial charge in [-0.25, -0.2) is 37.1 Å². The molecule has 13 nitrogen and oxygen atoms in total. The highest BCUT2D eigenvalue weighted by atomic mass is 79.9. The van der Waals surface area contributed by atoms with Gasteiger partial charge in [-0.2, -0.15) is 0 Å². The molecule has 0 bridgehead atoms. The summed E-state index contributed by atoms with van der Waals surface area (Å²) in [6.45, 7) is 0. The van der Waals surface area contributed by atoms with Crippen LogP contribution >= 0.6 is 0 Å². The number of amides is 6. The molecule has 134 valence electrons. The minimum Gasteiger partial charge on any atom is -1.00 e. The van der Waals surface area contributed by atoms with Crippen LogP contribution in [0, 0.1) is 0 Å². The molecule has 0 atom stereocenters. The van der Waals surface area contributed by atoms with Crippen LogP contribution in [0.3, 0.4) is 0 Å². The maximum absolute atomic E-state index is 11.0. The summed E-state index contributed by atoms with van der Waals surface area (Å²) in [7, 11) is 0. The summed E-state index contributed by atoms with van der Waals surface area (Å²) in [5, 5.41) is 0. The van der Waals surface area contributed by atoms with E-state index in [1.54, 1.807) is 10.9 Å². The van der Waals surface area contributed by atoms with Crippen LogP contribution in [0.25, 0.3) is 0 Å². The third kappa shape index (κ3) is 14.0. The fourth-order valence-electron chi connectivity index (χ4n) is 0.901. The zero-order valence-electron chi connectivity index (χ0n) is 12.3. The second kappa shape index (κ2) is 14.9. The van der Waals surface area contributed by atoms with Crippen LogP contribution in [0.2, 0.25) is 0 Å². The molecular weight excluding hydrogens is 390 g/mol. The highest BCUT2D eigenvalue weighted by molar-refractivity contribution is 5.97. The minimum absolute atomic E-state index is 0. The number of aromatic amines is 1. The van der Waals surface area contributed by atoms with E-state index < -0.39 is 30.3 Å². The molecule has 1 aromatic rings. The predicted molar refractivity (Wildman–Crippen MR) is 75.6 cm³/mol. The van der Waals surface area contributed by atoms with Crippen LogP contribution in [-0.2, 0) is 9.59 Å². The molecule has 0 aliphatic rings. The third-order valence-electron chi connectivity index (χ3n) is 1.82. The number of carbonyl (C=O) groups excluding carboxylic acids is 4.